The molecule has 1 atom stereocenters. The highest BCUT2D eigenvalue weighted by Crippen LogP contribution is 2.38. The van der Waals surface area contributed by atoms with Crippen molar-refractivity contribution < 1.29 is 27.1 Å². The van der Waals surface area contributed by atoms with Crippen molar-refractivity contribution in [2.24, 2.45) is 0 Å². The van der Waals surface area contributed by atoms with Crippen LogP contribution in [0, 0.1) is 5.82 Å². The standard InChI is InChI=1S/C27H28F4N4O2/c1-17(21-5-4-6-22(28)24(21)27(29,30)31)37-23-15-20(16-34-25(23)32)18-7-9-19(10-8-18)26(36)33-11-14-35-12-2-3-13-35/h4-10,15-17H,2-3,11-14H2,1H3,(H2,32,34)(H,33,36). The Kier molecular flexibility index (Phi) is 7.97. The largest absolute Gasteiger partial charge is 0.482 e. The molecule has 37 heavy (non-hydrogen) atoms. The number of nitrogen functional groups attached to an aromatic ring is 1. The van der Waals surface area contributed by atoms with Gasteiger partial charge >= 0.3 is 6.18 Å². The molecule has 0 bridgehead atoms. The normalized spacial score (nSPS) is 14.9. The summed E-state index contributed by atoms with van der Waals surface area (Å²) in [6, 6.07) is 11.5. The topological polar surface area (TPSA) is 80.5 Å². The lowest BCUT2D eigenvalue weighted by atomic mass is 10.0. The maximum atomic E-state index is 14.0. The number of halogens is 4. The van der Waals surface area contributed by atoms with Crippen molar-refractivity contribution in [3.8, 4) is 16.9 Å². The summed E-state index contributed by atoms with van der Waals surface area (Å²) in [5, 5.41) is 2.92. The molecule has 1 aliphatic rings. The van der Waals surface area contributed by atoms with Gasteiger partial charge in [0.15, 0.2) is 11.6 Å². The molecule has 0 radical (unpaired) electrons. The van der Waals surface area contributed by atoms with E-state index in [0.29, 0.717) is 23.2 Å². The molecule has 1 aromatic heterocycles. The van der Waals surface area contributed by atoms with Gasteiger partial charge in [-0.05, 0) is 62.7 Å². The zero-order chi connectivity index (χ0) is 26.6. The first-order valence-corrected chi connectivity index (χ1v) is 12.0. The van der Waals surface area contributed by atoms with Gasteiger partial charge in [0.05, 0.1) is 5.56 Å². The first kappa shape index (κ1) is 26.4. The second kappa shape index (κ2) is 11.2. The summed E-state index contributed by atoms with van der Waals surface area (Å²) in [5.74, 6) is -1.50. The SMILES string of the molecule is CC(Oc1cc(-c2ccc(C(=O)NCCN3CCCC3)cc2)cnc1N)c1cccc(F)c1C(F)(F)F. The Balaban J connectivity index is 1.46. The Morgan fingerprint density at radius 3 is 2.51 bits per heavy atom. The second-order valence-electron chi connectivity index (χ2n) is 8.95. The highest BCUT2D eigenvalue weighted by atomic mass is 19.4. The molecule has 0 saturated carbocycles. The van der Waals surface area contributed by atoms with Crippen molar-refractivity contribution in [1.82, 2.24) is 15.2 Å². The van der Waals surface area contributed by atoms with Crippen molar-refractivity contribution in [3.05, 3.63) is 77.2 Å². The molecule has 10 heteroatoms. The number of nitrogens with zero attached hydrogens (tertiary/aromatic N) is 2. The van der Waals surface area contributed by atoms with Gasteiger partial charge in [-0.2, -0.15) is 13.2 Å². The van der Waals surface area contributed by atoms with Crippen LogP contribution in [-0.2, 0) is 6.18 Å². The fraction of sp³-hybridized carbons (Fsp3) is 0.333. The van der Waals surface area contributed by atoms with Gasteiger partial charge in [0.1, 0.15) is 11.9 Å². The Bertz CT molecular complexity index is 1240. The van der Waals surface area contributed by atoms with E-state index in [-0.39, 0.29) is 23.0 Å². The molecule has 3 aromatic rings. The highest BCUT2D eigenvalue weighted by Gasteiger charge is 2.38. The second-order valence-corrected chi connectivity index (χ2v) is 8.95. The van der Waals surface area contributed by atoms with Crippen LogP contribution in [-0.4, -0.2) is 42.0 Å². The molecular weight excluding hydrogens is 488 g/mol. The van der Waals surface area contributed by atoms with Gasteiger partial charge < -0.3 is 20.7 Å². The lowest BCUT2D eigenvalue weighted by Gasteiger charge is -2.21. The number of anilines is 1. The van der Waals surface area contributed by atoms with E-state index in [9.17, 15) is 22.4 Å². The molecule has 1 fully saturated rings. The van der Waals surface area contributed by atoms with Crippen LogP contribution in [0.15, 0.2) is 54.7 Å². The monoisotopic (exact) mass is 516 g/mol. The summed E-state index contributed by atoms with van der Waals surface area (Å²) in [6.07, 6.45) is -2.15. The van der Waals surface area contributed by atoms with Gasteiger partial charge in [0, 0.05) is 36.0 Å². The van der Waals surface area contributed by atoms with Crippen LogP contribution in [0.25, 0.3) is 11.1 Å². The number of hydrogen-bond acceptors (Lipinski definition) is 5. The molecule has 1 saturated heterocycles. The zero-order valence-corrected chi connectivity index (χ0v) is 20.3. The molecule has 6 nitrogen and oxygen atoms in total. The van der Waals surface area contributed by atoms with Crippen LogP contribution < -0.4 is 15.8 Å². The Hall–Kier alpha value is -3.66. The van der Waals surface area contributed by atoms with Gasteiger partial charge in [0.25, 0.3) is 5.91 Å². The number of ether oxygens (including phenoxy) is 1. The van der Waals surface area contributed by atoms with Gasteiger partial charge in [-0.15, -0.1) is 0 Å². The van der Waals surface area contributed by atoms with E-state index in [2.05, 4.69) is 15.2 Å². The first-order chi connectivity index (χ1) is 17.6. The number of nitrogens with one attached hydrogen (secondary N) is 1. The fourth-order valence-electron chi connectivity index (χ4n) is 4.39. The van der Waals surface area contributed by atoms with E-state index in [1.54, 1.807) is 30.3 Å². The number of amides is 1. The third kappa shape index (κ3) is 6.37. The zero-order valence-electron chi connectivity index (χ0n) is 20.3. The fourth-order valence-corrected chi connectivity index (χ4v) is 4.39. The predicted octanol–water partition coefficient (Wildman–Crippen LogP) is 5.45. The molecule has 1 aliphatic heterocycles. The van der Waals surface area contributed by atoms with E-state index in [1.165, 1.54) is 38.1 Å². The summed E-state index contributed by atoms with van der Waals surface area (Å²) in [6.45, 7) is 4.91. The smallest absolute Gasteiger partial charge is 0.419 e. The summed E-state index contributed by atoms with van der Waals surface area (Å²) in [4.78, 5) is 18.9. The number of carbonyl (C=O) groups is 1. The number of benzene rings is 2. The third-order valence-corrected chi connectivity index (χ3v) is 6.35. The van der Waals surface area contributed by atoms with Crippen molar-refractivity contribution in [2.45, 2.75) is 32.0 Å². The van der Waals surface area contributed by atoms with Crippen molar-refractivity contribution >= 4 is 11.7 Å². The van der Waals surface area contributed by atoms with Gasteiger partial charge in [-0.25, -0.2) is 9.37 Å². The number of hydrogen-bond donors (Lipinski definition) is 2. The minimum absolute atomic E-state index is 0.0189. The number of likely N-dealkylation sites (tertiary alicyclic amines) is 1. The van der Waals surface area contributed by atoms with Crippen LogP contribution in [0.2, 0.25) is 0 Å². The molecular formula is C27H28F4N4O2. The lowest BCUT2D eigenvalue weighted by molar-refractivity contribution is -0.141. The predicted molar refractivity (Wildman–Crippen MR) is 133 cm³/mol. The van der Waals surface area contributed by atoms with E-state index in [4.69, 9.17) is 10.5 Å². The van der Waals surface area contributed by atoms with E-state index < -0.39 is 23.7 Å². The number of rotatable bonds is 8. The number of aromatic nitrogens is 1. The highest BCUT2D eigenvalue weighted by molar-refractivity contribution is 5.94. The first-order valence-electron chi connectivity index (χ1n) is 12.0. The lowest BCUT2D eigenvalue weighted by Crippen LogP contribution is -2.33. The minimum Gasteiger partial charge on any atom is -0.482 e. The molecule has 4 rings (SSSR count). The van der Waals surface area contributed by atoms with Crippen LogP contribution in [0.4, 0.5) is 23.4 Å². The van der Waals surface area contributed by atoms with Crippen LogP contribution in [0.1, 0.15) is 47.4 Å². The van der Waals surface area contributed by atoms with Gasteiger partial charge in [-0.3, -0.25) is 4.79 Å². The Labute approximate surface area is 212 Å². The van der Waals surface area contributed by atoms with Crippen LogP contribution in [0.5, 0.6) is 5.75 Å². The molecule has 2 heterocycles. The minimum atomic E-state index is -4.88. The van der Waals surface area contributed by atoms with Crippen molar-refractivity contribution in [2.75, 3.05) is 31.9 Å². The van der Waals surface area contributed by atoms with E-state index in [1.807, 2.05) is 0 Å². The maximum absolute atomic E-state index is 14.0. The Morgan fingerprint density at radius 1 is 1.14 bits per heavy atom. The maximum Gasteiger partial charge on any atom is 0.419 e. The van der Waals surface area contributed by atoms with Gasteiger partial charge in [0.2, 0.25) is 0 Å². The van der Waals surface area contributed by atoms with Crippen LogP contribution >= 0.6 is 0 Å². The quantitative estimate of drug-likeness (QED) is 0.389. The summed E-state index contributed by atoms with van der Waals surface area (Å²) in [5.41, 5.74) is 5.99. The average molecular weight is 517 g/mol. The average Bonchev–Trinajstić information content (AvgIpc) is 3.38. The summed E-state index contributed by atoms with van der Waals surface area (Å²) in [7, 11) is 0. The molecule has 196 valence electrons. The van der Waals surface area contributed by atoms with Crippen molar-refractivity contribution in [1.29, 1.82) is 0 Å². The van der Waals surface area contributed by atoms with Gasteiger partial charge in [-0.1, -0.05) is 24.3 Å². The van der Waals surface area contributed by atoms with Crippen molar-refractivity contribution in [3.63, 3.8) is 0 Å². The van der Waals surface area contributed by atoms with E-state index in [0.717, 1.165) is 25.7 Å². The summed E-state index contributed by atoms with van der Waals surface area (Å²) < 4.78 is 60.0. The molecule has 0 spiro atoms. The number of nitrogens with two attached hydrogens (primary N) is 1. The summed E-state index contributed by atoms with van der Waals surface area (Å²) >= 11 is 0. The third-order valence-electron chi connectivity index (χ3n) is 6.35. The molecule has 3 N–H and O–H groups in total. The molecule has 1 amide bonds. The Morgan fingerprint density at radius 2 is 1.84 bits per heavy atom. The van der Waals surface area contributed by atoms with E-state index >= 15 is 0 Å². The number of alkyl halides is 3. The number of carbonyl (C=O) groups excluding carboxylic acids is 1. The number of pyridine rings is 1. The molecule has 1 unspecified atom stereocenters. The molecule has 0 aliphatic carbocycles. The molecule has 2 aromatic carbocycles. The van der Waals surface area contributed by atoms with Crippen LogP contribution in [0.3, 0.4) is 0 Å².